The van der Waals surface area contributed by atoms with Gasteiger partial charge in [-0.1, -0.05) is 5.16 Å². The summed E-state index contributed by atoms with van der Waals surface area (Å²) in [5, 5.41) is 3.98. The molecule has 0 radical (unpaired) electrons. The molecule has 1 aromatic heterocycles. The maximum atomic E-state index is 11.3. The molecular weight excluding hydrogens is 386 g/mol. The average molecular weight is 405 g/mol. The van der Waals surface area contributed by atoms with Crippen molar-refractivity contribution < 1.29 is 27.2 Å². The van der Waals surface area contributed by atoms with Gasteiger partial charge in [-0.05, 0) is 36.4 Å². The van der Waals surface area contributed by atoms with Crippen molar-refractivity contribution in [2.45, 2.75) is 0 Å². The lowest BCUT2D eigenvalue weighted by Gasteiger charge is -2.12. The highest BCUT2D eigenvalue weighted by molar-refractivity contribution is 7.92. The van der Waals surface area contributed by atoms with Gasteiger partial charge in [-0.3, -0.25) is 4.72 Å². The van der Waals surface area contributed by atoms with Crippen LogP contribution in [0.25, 0.3) is 22.8 Å². The Morgan fingerprint density at radius 2 is 1.54 bits per heavy atom. The van der Waals surface area contributed by atoms with Crippen LogP contribution < -0.4 is 18.9 Å². The minimum absolute atomic E-state index is 0.271. The highest BCUT2D eigenvalue weighted by Gasteiger charge is 2.18. The molecule has 10 heteroatoms. The summed E-state index contributed by atoms with van der Waals surface area (Å²) in [4.78, 5) is 4.39. The quantitative estimate of drug-likeness (QED) is 0.638. The number of hydrogen-bond donors (Lipinski definition) is 1. The Labute approximate surface area is 162 Å². The maximum Gasteiger partial charge on any atom is 0.258 e. The van der Waals surface area contributed by atoms with Crippen LogP contribution in [0.1, 0.15) is 0 Å². The standard InChI is InChI=1S/C18H19N3O6S/c1-24-14-9-12(10-15(25-2)16(14)26-3)18-19-17(20-27-18)11-5-7-13(8-6-11)21-28(4,22)23/h5-10,21H,1-4H3. The van der Waals surface area contributed by atoms with Gasteiger partial charge in [-0.2, -0.15) is 4.98 Å². The first-order chi connectivity index (χ1) is 13.3. The molecule has 9 nitrogen and oxygen atoms in total. The lowest BCUT2D eigenvalue weighted by Crippen LogP contribution is -2.09. The van der Waals surface area contributed by atoms with E-state index in [-0.39, 0.29) is 5.89 Å². The first kappa shape index (κ1) is 19.5. The van der Waals surface area contributed by atoms with Crippen LogP contribution in [0.4, 0.5) is 5.69 Å². The zero-order valence-corrected chi connectivity index (χ0v) is 16.5. The van der Waals surface area contributed by atoms with Crippen LogP contribution in [0.2, 0.25) is 0 Å². The molecule has 0 amide bonds. The summed E-state index contributed by atoms with van der Waals surface area (Å²) in [6.07, 6.45) is 1.09. The molecule has 1 heterocycles. The summed E-state index contributed by atoms with van der Waals surface area (Å²) in [6.45, 7) is 0. The molecule has 0 aliphatic rings. The molecule has 28 heavy (non-hydrogen) atoms. The minimum atomic E-state index is -3.34. The van der Waals surface area contributed by atoms with Gasteiger partial charge < -0.3 is 18.7 Å². The molecule has 0 bridgehead atoms. The van der Waals surface area contributed by atoms with Crippen LogP contribution in [0.3, 0.4) is 0 Å². The third-order valence-electron chi connectivity index (χ3n) is 3.78. The van der Waals surface area contributed by atoms with Gasteiger partial charge in [0.25, 0.3) is 5.89 Å². The van der Waals surface area contributed by atoms with Gasteiger partial charge in [0.05, 0.1) is 27.6 Å². The predicted molar refractivity (Wildman–Crippen MR) is 103 cm³/mol. The second kappa shape index (κ2) is 7.77. The Morgan fingerprint density at radius 3 is 2.04 bits per heavy atom. The van der Waals surface area contributed by atoms with E-state index >= 15 is 0 Å². The van der Waals surface area contributed by atoms with Crippen molar-refractivity contribution >= 4 is 15.7 Å². The van der Waals surface area contributed by atoms with Crippen LogP contribution in [0.5, 0.6) is 17.2 Å². The van der Waals surface area contributed by atoms with Crippen molar-refractivity contribution in [3.8, 4) is 40.1 Å². The molecule has 0 saturated carbocycles. The van der Waals surface area contributed by atoms with E-state index in [0.717, 1.165) is 6.26 Å². The molecule has 0 fully saturated rings. The molecule has 3 aromatic rings. The number of benzene rings is 2. The number of anilines is 1. The van der Waals surface area contributed by atoms with Gasteiger partial charge in [0.1, 0.15) is 0 Å². The highest BCUT2D eigenvalue weighted by atomic mass is 32.2. The Balaban J connectivity index is 1.92. The lowest BCUT2D eigenvalue weighted by atomic mass is 10.1. The summed E-state index contributed by atoms with van der Waals surface area (Å²) in [6, 6.07) is 10.0. The van der Waals surface area contributed by atoms with Crippen LogP contribution in [0, 0.1) is 0 Å². The molecule has 0 saturated heterocycles. The molecular formula is C18H19N3O6S. The fraction of sp³-hybridized carbons (Fsp3) is 0.222. The Kier molecular flexibility index (Phi) is 5.41. The zero-order chi connectivity index (χ0) is 20.3. The second-order valence-corrected chi connectivity index (χ2v) is 7.54. The molecule has 0 aliphatic heterocycles. The SMILES string of the molecule is COc1cc(-c2nc(-c3ccc(NS(C)(=O)=O)cc3)no2)cc(OC)c1OC. The second-order valence-electron chi connectivity index (χ2n) is 5.79. The van der Waals surface area contributed by atoms with Gasteiger partial charge >= 0.3 is 0 Å². The van der Waals surface area contributed by atoms with Gasteiger partial charge in [0, 0.05) is 16.8 Å². The number of hydrogen-bond acceptors (Lipinski definition) is 8. The Bertz CT molecular complexity index is 1050. The number of nitrogens with one attached hydrogen (secondary N) is 1. The number of rotatable bonds is 7. The topological polar surface area (TPSA) is 113 Å². The van der Waals surface area contributed by atoms with E-state index in [1.165, 1.54) is 21.3 Å². The van der Waals surface area contributed by atoms with E-state index in [0.29, 0.717) is 39.9 Å². The average Bonchev–Trinajstić information content (AvgIpc) is 3.16. The predicted octanol–water partition coefficient (Wildman–Crippen LogP) is 2.80. The fourth-order valence-electron chi connectivity index (χ4n) is 2.56. The largest absolute Gasteiger partial charge is 0.493 e. The van der Waals surface area contributed by atoms with Crippen LogP contribution in [-0.4, -0.2) is 46.1 Å². The number of ether oxygens (including phenoxy) is 3. The molecule has 3 rings (SSSR count). The minimum Gasteiger partial charge on any atom is -0.493 e. The Morgan fingerprint density at radius 1 is 0.929 bits per heavy atom. The van der Waals surface area contributed by atoms with Crippen molar-refractivity contribution in [1.82, 2.24) is 10.1 Å². The maximum absolute atomic E-state index is 11.3. The lowest BCUT2D eigenvalue weighted by molar-refractivity contribution is 0.324. The first-order valence-electron chi connectivity index (χ1n) is 8.07. The summed E-state index contributed by atoms with van der Waals surface area (Å²) >= 11 is 0. The number of sulfonamides is 1. The van der Waals surface area contributed by atoms with Crippen LogP contribution in [-0.2, 0) is 10.0 Å². The fourth-order valence-corrected chi connectivity index (χ4v) is 3.13. The summed E-state index contributed by atoms with van der Waals surface area (Å²) in [5.74, 6) is 2.02. The van der Waals surface area contributed by atoms with E-state index in [1.54, 1.807) is 36.4 Å². The van der Waals surface area contributed by atoms with Crippen molar-refractivity contribution in [2.75, 3.05) is 32.3 Å². The smallest absolute Gasteiger partial charge is 0.258 e. The summed E-state index contributed by atoms with van der Waals surface area (Å²) in [7, 11) is 1.22. The normalized spacial score (nSPS) is 11.1. The third kappa shape index (κ3) is 4.17. The molecule has 0 unspecified atom stereocenters. The van der Waals surface area contributed by atoms with Gasteiger partial charge in [0.2, 0.25) is 21.6 Å². The van der Waals surface area contributed by atoms with Gasteiger partial charge in [-0.15, -0.1) is 0 Å². The molecule has 0 atom stereocenters. The van der Waals surface area contributed by atoms with Crippen molar-refractivity contribution in [3.05, 3.63) is 36.4 Å². The van der Waals surface area contributed by atoms with Crippen LogP contribution >= 0.6 is 0 Å². The van der Waals surface area contributed by atoms with E-state index in [2.05, 4.69) is 14.9 Å². The van der Waals surface area contributed by atoms with Gasteiger partial charge in [0.15, 0.2) is 11.5 Å². The molecule has 0 spiro atoms. The highest BCUT2D eigenvalue weighted by Crippen LogP contribution is 2.41. The first-order valence-corrected chi connectivity index (χ1v) is 9.96. The van der Waals surface area contributed by atoms with Crippen molar-refractivity contribution in [2.24, 2.45) is 0 Å². The molecule has 0 aliphatic carbocycles. The van der Waals surface area contributed by atoms with E-state index in [1.807, 2.05) is 0 Å². The number of methoxy groups -OCH3 is 3. The Hall–Kier alpha value is -3.27. The molecule has 2 aromatic carbocycles. The number of nitrogens with zero attached hydrogens (tertiary/aromatic N) is 2. The number of aromatic nitrogens is 2. The third-order valence-corrected chi connectivity index (χ3v) is 4.39. The van der Waals surface area contributed by atoms with E-state index in [9.17, 15) is 8.42 Å². The monoisotopic (exact) mass is 405 g/mol. The molecule has 148 valence electrons. The summed E-state index contributed by atoms with van der Waals surface area (Å²) in [5.41, 5.74) is 1.71. The van der Waals surface area contributed by atoms with Gasteiger partial charge in [-0.25, -0.2) is 8.42 Å². The van der Waals surface area contributed by atoms with Crippen molar-refractivity contribution in [1.29, 1.82) is 0 Å². The van der Waals surface area contributed by atoms with Crippen molar-refractivity contribution in [3.63, 3.8) is 0 Å². The van der Waals surface area contributed by atoms with E-state index < -0.39 is 10.0 Å². The van der Waals surface area contributed by atoms with E-state index in [4.69, 9.17) is 18.7 Å². The van der Waals surface area contributed by atoms with Crippen LogP contribution in [0.15, 0.2) is 40.9 Å². The molecule has 1 N–H and O–H groups in total. The zero-order valence-electron chi connectivity index (χ0n) is 15.7. The summed E-state index contributed by atoms with van der Waals surface area (Å²) < 4.78 is 46.3.